The Bertz CT molecular complexity index is 648. The molecule has 5 heteroatoms. The number of anilines is 3. The Hall–Kier alpha value is -2.56. The predicted octanol–water partition coefficient (Wildman–Crippen LogP) is 2.91. The number of carbonyl (C=O) groups is 1. The second-order valence-electron chi connectivity index (χ2n) is 5.52. The van der Waals surface area contributed by atoms with Crippen molar-refractivity contribution in [3.05, 3.63) is 48.2 Å². The molecule has 1 aromatic heterocycles. The lowest BCUT2D eigenvalue weighted by atomic mass is 10.1. The van der Waals surface area contributed by atoms with Crippen LogP contribution in [0.3, 0.4) is 0 Å². The van der Waals surface area contributed by atoms with Crippen LogP contribution in [0.25, 0.3) is 0 Å². The van der Waals surface area contributed by atoms with Crippen molar-refractivity contribution >= 4 is 23.1 Å². The van der Waals surface area contributed by atoms with E-state index in [9.17, 15) is 4.79 Å². The molecule has 0 aliphatic carbocycles. The molecule has 0 spiro atoms. The smallest absolute Gasteiger partial charge is 0.255 e. The van der Waals surface area contributed by atoms with Gasteiger partial charge >= 0.3 is 0 Å². The maximum Gasteiger partial charge on any atom is 0.255 e. The number of rotatable bonds is 3. The van der Waals surface area contributed by atoms with Crippen LogP contribution in [0.5, 0.6) is 0 Å². The van der Waals surface area contributed by atoms with E-state index in [1.807, 2.05) is 12.1 Å². The summed E-state index contributed by atoms with van der Waals surface area (Å²) >= 11 is 0. The van der Waals surface area contributed by atoms with Gasteiger partial charge in [-0.1, -0.05) is 0 Å². The summed E-state index contributed by atoms with van der Waals surface area (Å²) < 4.78 is 0. The van der Waals surface area contributed by atoms with Crippen molar-refractivity contribution < 1.29 is 4.79 Å². The second kappa shape index (κ2) is 6.47. The summed E-state index contributed by atoms with van der Waals surface area (Å²) in [5.41, 5.74) is 8.10. The number of nitrogens with zero attached hydrogens (tertiary/aromatic N) is 2. The Morgan fingerprint density at radius 3 is 2.50 bits per heavy atom. The third-order valence-electron chi connectivity index (χ3n) is 3.89. The van der Waals surface area contributed by atoms with Crippen LogP contribution in [-0.4, -0.2) is 24.0 Å². The molecular formula is C17H20N4O. The van der Waals surface area contributed by atoms with E-state index in [-0.39, 0.29) is 5.91 Å². The van der Waals surface area contributed by atoms with Crippen LogP contribution in [-0.2, 0) is 0 Å². The standard InChI is InChI=1S/C17H20N4O/c18-16-12-13(8-9-19-16)17(22)20-14-4-6-15(7-5-14)21-10-2-1-3-11-21/h4-9,12H,1-3,10-11H2,(H2,18,19)(H,20,22). The van der Waals surface area contributed by atoms with Crippen molar-refractivity contribution in [2.24, 2.45) is 0 Å². The van der Waals surface area contributed by atoms with E-state index in [1.54, 1.807) is 12.1 Å². The lowest BCUT2D eigenvalue weighted by molar-refractivity contribution is 0.102. The predicted molar refractivity (Wildman–Crippen MR) is 89.1 cm³/mol. The molecule has 1 aliphatic heterocycles. The van der Waals surface area contributed by atoms with Gasteiger partial charge in [-0.2, -0.15) is 0 Å². The van der Waals surface area contributed by atoms with Crippen LogP contribution in [0.15, 0.2) is 42.6 Å². The third-order valence-corrected chi connectivity index (χ3v) is 3.89. The van der Waals surface area contributed by atoms with Crippen molar-refractivity contribution in [3.63, 3.8) is 0 Å². The summed E-state index contributed by atoms with van der Waals surface area (Å²) in [6.07, 6.45) is 5.35. The monoisotopic (exact) mass is 296 g/mol. The van der Waals surface area contributed by atoms with Gasteiger partial charge in [0.1, 0.15) is 5.82 Å². The molecule has 3 rings (SSSR count). The molecule has 0 unspecified atom stereocenters. The normalized spacial score (nSPS) is 14.6. The van der Waals surface area contributed by atoms with Gasteiger partial charge in [0.25, 0.3) is 5.91 Å². The van der Waals surface area contributed by atoms with Crippen molar-refractivity contribution in [1.29, 1.82) is 0 Å². The van der Waals surface area contributed by atoms with E-state index in [0.717, 1.165) is 18.8 Å². The van der Waals surface area contributed by atoms with Crippen LogP contribution in [0.2, 0.25) is 0 Å². The first kappa shape index (κ1) is 14.4. The highest BCUT2D eigenvalue weighted by Gasteiger charge is 2.11. The Morgan fingerprint density at radius 1 is 1.09 bits per heavy atom. The SMILES string of the molecule is Nc1cc(C(=O)Nc2ccc(N3CCCCC3)cc2)ccn1. The fourth-order valence-corrected chi connectivity index (χ4v) is 2.70. The Balaban J connectivity index is 1.66. The maximum atomic E-state index is 12.1. The van der Waals surface area contributed by atoms with Gasteiger partial charge in [0.2, 0.25) is 0 Å². The second-order valence-corrected chi connectivity index (χ2v) is 5.52. The van der Waals surface area contributed by atoms with Gasteiger partial charge in [0.15, 0.2) is 0 Å². The molecule has 0 atom stereocenters. The minimum Gasteiger partial charge on any atom is -0.384 e. The molecule has 1 aliphatic rings. The van der Waals surface area contributed by atoms with E-state index < -0.39 is 0 Å². The van der Waals surface area contributed by atoms with Gasteiger partial charge in [-0.3, -0.25) is 4.79 Å². The Labute approximate surface area is 130 Å². The molecule has 0 saturated carbocycles. The highest BCUT2D eigenvalue weighted by molar-refractivity contribution is 6.04. The van der Waals surface area contributed by atoms with E-state index >= 15 is 0 Å². The van der Waals surface area contributed by atoms with E-state index in [1.165, 1.54) is 31.1 Å². The number of amides is 1. The molecule has 1 saturated heterocycles. The Kier molecular flexibility index (Phi) is 4.23. The molecule has 3 N–H and O–H groups in total. The molecule has 5 nitrogen and oxygen atoms in total. The van der Waals surface area contributed by atoms with Gasteiger partial charge in [0, 0.05) is 36.2 Å². The molecular weight excluding hydrogens is 276 g/mol. The summed E-state index contributed by atoms with van der Waals surface area (Å²) in [5, 5.41) is 2.87. The topological polar surface area (TPSA) is 71.2 Å². The van der Waals surface area contributed by atoms with Crippen molar-refractivity contribution in [2.75, 3.05) is 29.0 Å². The van der Waals surface area contributed by atoms with Crippen molar-refractivity contribution in [1.82, 2.24) is 4.98 Å². The molecule has 0 radical (unpaired) electrons. The van der Waals surface area contributed by atoms with E-state index in [2.05, 4.69) is 27.3 Å². The number of pyridine rings is 1. The average Bonchev–Trinajstić information content (AvgIpc) is 2.56. The molecule has 1 fully saturated rings. The lowest BCUT2D eigenvalue weighted by Gasteiger charge is -2.28. The first-order chi connectivity index (χ1) is 10.7. The maximum absolute atomic E-state index is 12.1. The molecule has 1 amide bonds. The summed E-state index contributed by atoms with van der Waals surface area (Å²) in [6, 6.07) is 11.2. The zero-order chi connectivity index (χ0) is 15.4. The van der Waals surface area contributed by atoms with Crippen molar-refractivity contribution in [2.45, 2.75) is 19.3 Å². The Morgan fingerprint density at radius 2 is 1.82 bits per heavy atom. The molecule has 114 valence electrons. The van der Waals surface area contributed by atoms with Gasteiger partial charge in [0.05, 0.1) is 0 Å². The lowest BCUT2D eigenvalue weighted by Crippen LogP contribution is -2.29. The summed E-state index contributed by atoms with van der Waals surface area (Å²) in [5.74, 6) is 0.160. The van der Waals surface area contributed by atoms with Crippen LogP contribution in [0.1, 0.15) is 29.6 Å². The zero-order valence-electron chi connectivity index (χ0n) is 12.5. The number of hydrogen-bond donors (Lipinski definition) is 2. The van der Waals surface area contributed by atoms with Crippen LogP contribution < -0.4 is 16.0 Å². The number of nitrogens with one attached hydrogen (secondary N) is 1. The fourth-order valence-electron chi connectivity index (χ4n) is 2.70. The number of benzene rings is 1. The fraction of sp³-hybridized carbons (Fsp3) is 0.294. The van der Waals surface area contributed by atoms with E-state index in [0.29, 0.717) is 11.4 Å². The number of nitrogen functional groups attached to an aromatic ring is 1. The molecule has 1 aromatic carbocycles. The highest BCUT2D eigenvalue weighted by Crippen LogP contribution is 2.22. The van der Waals surface area contributed by atoms with Crippen molar-refractivity contribution in [3.8, 4) is 0 Å². The molecule has 2 aromatic rings. The number of hydrogen-bond acceptors (Lipinski definition) is 4. The van der Waals surface area contributed by atoms with Crippen LogP contribution >= 0.6 is 0 Å². The molecule has 22 heavy (non-hydrogen) atoms. The molecule has 2 heterocycles. The zero-order valence-corrected chi connectivity index (χ0v) is 12.5. The number of nitrogens with two attached hydrogens (primary N) is 1. The number of aromatic nitrogens is 1. The minimum atomic E-state index is -0.181. The number of piperidine rings is 1. The van der Waals surface area contributed by atoms with Gasteiger partial charge in [-0.05, 0) is 55.7 Å². The third kappa shape index (κ3) is 3.36. The summed E-state index contributed by atoms with van der Waals surface area (Å²) in [6.45, 7) is 2.23. The molecule has 0 bridgehead atoms. The van der Waals surface area contributed by atoms with E-state index in [4.69, 9.17) is 5.73 Å². The minimum absolute atomic E-state index is 0.181. The quantitative estimate of drug-likeness (QED) is 0.913. The highest BCUT2D eigenvalue weighted by atomic mass is 16.1. The number of carbonyl (C=O) groups excluding carboxylic acids is 1. The van der Waals surface area contributed by atoms with Gasteiger partial charge in [-0.15, -0.1) is 0 Å². The largest absolute Gasteiger partial charge is 0.384 e. The van der Waals surface area contributed by atoms with Gasteiger partial charge in [-0.25, -0.2) is 4.98 Å². The average molecular weight is 296 g/mol. The first-order valence-electron chi connectivity index (χ1n) is 7.60. The van der Waals surface area contributed by atoms with Gasteiger partial charge < -0.3 is 16.0 Å². The van der Waals surface area contributed by atoms with Crippen LogP contribution in [0.4, 0.5) is 17.2 Å². The van der Waals surface area contributed by atoms with Crippen LogP contribution in [0, 0.1) is 0 Å². The first-order valence-corrected chi connectivity index (χ1v) is 7.60. The summed E-state index contributed by atoms with van der Waals surface area (Å²) in [4.78, 5) is 18.4. The summed E-state index contributed by atoms with van der Waals surface area (Å²) in [7, 11) is 0.